The fourth-order valence-corrected chi connectivity index (χ4v) is 6.75. The average molecular weight is 756 g/mol. The summed E-state index contributed by atoms with van der Waals surface area (Å²) in [5.74, 6) is -1.32. The van der Waals surface area contributed by atoms with Gasteiger partial charge in [-0.1, -0.05) is 48.3 Å². The van der Waals surface area contributed by atoms with Crippen molar-refractivity contribution in [3.63, 3.8) is 0 Å². The minimum Gasteiger partial charge on any atom is -0.490 e. The van der Waals surface area contributed by atoms with Crippen LogP contribution in [0.15, 0.2) is 54.9 Å². The lowest BCUT2D eigenvalue weighted by atomic mass is 9.96. The van der Waals surface area contributed by atoms with Crippen molar-refractivity contribution in [1.29, 1.82) is 0 Å². The highest BCUT2D eigenvalue weighted by molar-refractivity contribution is 6.34. The monoisotopic (exact) mass is 754 g/mol. The van der Waals surface area contributed by atoms with Crippen molar-refractivity contribution in [2.75, 3.05) is 52.9 Å². The van der Waals surface area contributed by atoms with Crippen molar-refractivity contribution in [2.45, 2.75) is 70.2 Å². The van der Waals surface area contributed by atoms with Gasteiger partial charge in [0.25, 0.3) is 0 Å². The van der Waals surface area contributed by atoms with E-state index >= 15 is 0 Å². The van der Waals surface area contributed by atoms with E-state index < -0.39 is 17.5 Å². The molecule has 280 valence electrons. The van der Waals surface area contributed by atoms with E-state index in [0.717, 1.165) is 65.7 Å². The van der Waals surface area contributed by atoms with Gasteiger partial charge in [-0.05, 0) is 92.4 Å². The quantitative estimate of drug-likeness (QED) is 0.111. The lowest BCUT2D eigenvalue weighted by Gasteiger charge is -2.26. The summed E-state index contributed by atoms with van der Waals surface area (Å²) in [6.07, 6.45) is 10.1. The molecule has 0 spiro atoms. The number of para-hydroxylation sites is 1. The van der Waals surface area contributed by atoms with Crippen LogP contribution in [0.5, 0.6) is 5.75 Å². The first-order valence-electron chi connectivity index (χ1n) is 17.9. The van der Waals surface area contributed by atoms with Gasteiger partial charge in [0, 0.05) is 60.2 Å². The third kappa shape index (κ3) is 11.1. The Hall–Kier alpha value is -3.74. The molecular formula is C39H48Cl2N4O7. The second-order valence-electron chi connectivity index (χ2n) is 13.7. The number of aromatic nitrogens is 1. The van der Waals surface area contributed by atoms with Gasteiger partial charge >= 0.3 is 11.9 Å². The third-order valence-electron chi connectivity index (χ3n) is 9.60. The normalized spacial score (nSPS) is 14.8. The smallest absolute Gasteiger partial charge is 0.317 e. The molecule has 2 aromatic carbocycles. The number of pyridine rings is 1. The first kappa shape index (κ1) is 39.5. The number of carboxylic acids is 2. The number of hydrogen-bond acceptors (Lipinski definition) is 8. The van der Waals surface area contributed by atoms with Crippen LogP contribution in [0.25, 0.3) is 11.1 Å². The summed E-state index contributed by atoms with van der Waals surface area (Å²) in [5.41, 5.74) is 4.40. The number of aliphatic carboxylic acids is 2. The number of aryl methyl sites for hydroxylation is 1. The topological polar surface area (TPSA) is 133 Å². The van der Waals surface area contributed by atoms with Crippen LogP contribution >= 0.6 is 23.2 Å². The summed E-state index contributed by atoms with van der Waals surface area (Å²) >= 11 is 13.5. The number of hydrogen-bond donors (Lipinski definition) is 2. The minimum absolute atomic E-state index is 0.0656. The average Bonchev–Trinajstić information content (AvgIpc) is 4.06. The third-order valence-corrected chi connectivity index (χ3v) is 10.3. The number of likely N-dealkylation sites (N-methyl/N-ethyl adjacent to an activating group) is 2. The fraction of sp³-hybridized carbons (Fsp3) is 0.487. The van der Waals surface area contributed by atoms with E-state index in [-0.39, 0.29) is 38.2 Å². The predicted molar refractivity (Wildman–Crippen MR) is 200 cm³/mol. The van der Waals surface area contributed by atoms with Gasteiger partial charge in [0.1, 0.15) is 5.75 Å². The Morgan fingerprint density at radius 3 is 2.25 bits per heavy atom. The Balaban J connectivity index is 1.12. The van der Waals surface area contributed by atoms with Crippen molar-refractivity contribution >= 4 is 41.0 Å². The standard InChI is InChI=1S/C39H48Cl2N4O7/c1-3-44(24-37(47)48)18-19-45(25-38(49)50)23-36(46)43(2)17-7-6-8-27-20-34(41)28(21-33(27)40)26-51-39(14-15-39)32-22-42-16-13-30(32)31-9-4-5-10-35(31)52-29-11-12-29/h4-5,9-10,13,16,20-22,29H,3,6-8,11-12,14-15,17-19,23-26H2,1-2H3,(H,47,48)(H,49,50). The molecule has 1 amide bonds. The Morgan fingerprint density at radius 1 is 0.885 bits per heavy atom. The van der Waals surface area contributed by atoms with E-state index in [0.29, 0.717) is 49.1 Å². The summed E-state index contributed by atoms with van der Waals surface area (Å²) in [6.45, 7) is 3.24. The van der Waals surface area contributed by atoms with Crippen LogP contribution in [-0.2, 0) is 37.7 Å². The van der Waals surface area contributed by atoms with Crippen molar-refractivity contribution in [2.24, 2.45) is 0 Å². The molecule has 0 saturated heterocycles. The van der Waals surface area contributed by atoms with Crippen LogP contribution in [0.1, 0.15) is 62.1 Å². The number of rotatable bonds is 22. The van der Waals surface area contributed by atoms with E-state index in [1.54, 1.807) is 23.0 Å². The molecule has 5 rings (SSSR count). The molecule has 2 aliphatic rings. The number of nitrogens with zero attached hydrogens (tertiary/aromatic N) is 4. The molecule has 0 atom stereocenters. The molecule has 1 aromatic heterocycles. The van der Waals surface area contributed by atoms with E-state index in [1.165, 1.54) is 4.90 Å². The van der Waals surface area contributed by atoms with Gasteiger partial charge in [0.2, 0.25) is 5.91 Å². The number of unbranched alkanes of at least 4 members (excludes halogenated alkanes) is 1. The molecule has 2 fully saturated rings. The van der Waals surface area contributed by atoms with Gasteiger partial charge in [0.05, 0.1) is 37.9 Å². The van der Waals surface area contributed by atoms with E-state index in [4.69, 9.17) is 37.8 Å². The molecule has 11 nitrogen and oxygen atoms in total. The zero-order chi connectivity index (χ0) is 37.3. The first-order valence-corrected chi connectivity index (χ1v) is 18.7. The highest BCUT2D eigenvalue weighted by Gasteiger charge is 2.48. The number of carbonyl (C=O) groups excluding carboxylic acids is 1. The maximum absolute atomic E-state index is 12.9. The number of carbonyl (C=O) groups is 3. The largest absolute Gasteiger partial charge is 0.490 e. The summed E-state index contributed by atoms with van der Waals surface area (Å²) in [7, 11) is 1.70. The molecule has 2 N–H and O–H groups in total. The number of benzene rings is 2. The SMILES string of the molecule is CCN(CCN(CC(=O)O)CC(=O)N(C)CCCCc1cc(Cl)c(COC2(c3cnccc3-c3ccccc3OC3CC3)CC2)cc1Cl)CC(=O)O. The van der Waals surface area contributed by atoms with Crippen LogP contribution < -0.4 is 4.74 Å². The second kappa shape index (κ2) is 18.3. The van der Waals surface area contributed by atoms with E-state index in [1.807, 2.05) is 49.5 Å². The Labute approximate surface area is 315 Å². The van der Waals surface area contributed by atoms with Gasteiger partial charge in [0.15, 0.2) is 0 Å². The van der Waals surface area contributed by atoms with E-state index in [2.05, 4.69) is 11.1 Å². The molecule has 52 heavy (non-hydrogen) atoms. The molecule has 2 aliphatic carbocycles. The zero-order valence-electron chi connectivity index (χ0n) is 29.9. The highest BCUT2D eigenvalue weighted by atomic mass is 35.5. The molecular weight excluding hydrogens is 707 g/mol. The number of carboxylic acid groups (broad SMARTS) is 2. The summed E-state index contributed by atoms with van der Waals surface area (Å²) in [6, 6.07) is 13.9. The summed E-state index contributed by atoms with van der Waals surface area (Å²) < 4.78 is 12.8. The molecule has 1 heterocycles. The molecule has 3 aromatic rings. The van der Waals surface area contributed by atoms with Crippen LogP contribution in [0.3, 0.4) is 0 Å². The number of halogens is 2. The molecule has 0 radical (unpaired) electrons. The Bertz CT molecular complexity index is 1720. The minimum atomic E-state index is -1.05. The summed E-state index contributed by atoms with van der Waals surface area (Å²) in [5, 5.41) is 19.6. The highest BCUT2D eigenvalue weighted by Crippen LogP contribution is 2.53. The molecule has 2 saturated carbocycles. The molecule has 13 heteroatoms. The van der Waals surface area contributed by atoms with Crippen LogP contribution in [0, 0.1) is 0 Å². The van der Waals surface area contributed by atoms with E-state index in [9.17, 15) is 19.5 Å². The van der Waals surface area contributed by atoms with Gasteiger partial charge in [-0.2, -0.15) is 0 Å². The molecule has 0 unspecified atom stereocenters. The van der Waals surface area contributed by atoms with Gasteiger partial charge in [-0.25, -0.2) is 0 Å². The van der Waals surface area contributed by atoms with Crippen molar-refractivity contribution in [3.05, 3.63) is 81.6 Å². The maximum Gasteiger partial charge on any atom is 0.317 e. The fourth-order valence-electron chi connectivity index (χ4n) is 6.23. The van der Waals surface area contributed by atoms with Crippen LogP contribution in [-0.4, -0.2) is 107 Å². The molecule has 0 aliphatic heterocycles. The lowest BCUT2D eigenvalue weighted by molar-refractivity contribution is -0.141. The van der Waals surface area contributed by atoms with Crippen LogP contribution in [0.4, 0.5) is 0 Å². The Morgan fingerprint density at radius 2 is 1.56 bits per heavy atom. The number of amides is 1. The van der Waals surface area contributed by atoms with Gasteiger partial charge < -0.3 is 24.6 Å². The van der Waals surface area contributed by atoms with Crippen molar-refractivity contribution in [1.82, 2.24) is 19.7 Å². The number of ether oxygens (including phenoxy) is 2. The first-order chi connectivity index (χ1) is 25.0. The zero-order valence-corrected chi connectivity index (χ0v) is 31.4. The van der Waals surface area contributed by atoms with Crippen LogP contribution in [0.2, 0.25) is 10.0 Å². The lowest BCUT2D eigenvalue weighted by Crippen LogP contribution is -2.44. The summed E-state index contributed by atoms with van der Waals surface area (Å²) in [4.78, 5) is 44.7. The molecule has 0 bridgehead atoms. The van der Waals surface area contributed by atoms with Gasteiger partial charge in [-0.15, -0.1) is 0 Å². The predicted octanol–water partition coefficient (Wildman–Crippen LogP) is 6.38. The van der Waals surface area contributed by atoms with Gasteiger partial charge in [-0.3, -0.25) is 29.2 Å². The Kier molecular flexibility index (Phi) is 13.9. The maximum atomic E-state index is 12.9. The second-order valence-corrected chi connectivity index (χ2v) is 14.5. The van der Waals surface area contributed by atoms with Crippen molar-refractivity contribution in [3.8, 4) is 16.9 Å². The van der Waals surface area contributed by atoms with Crippen molar-refractivity contribution < 1.29 is 34.1 Å².